The molecule has 0 aromatic heterocycles. The zero-order chi connectivity index (χ0) is 47.1. The van der Waals surface area contributed by atoms with Crippen LogP contribution in [0.4, 0.5) is 0 Å². The van der Waals surface area contributed by atoms with Gasteiger partial charge in [0.2, 0.25) is 0 Å². The molecule has 19 heteroatoms. The summed E-state index contributed by atoms with van der Waals surface area (Å²) >= 11 is 2.99. The Morgan fingerprint density at radius 3 is 0.952 bits per heavy atom. The van der Waals surface area contributed by atoms with Crippen LogP contribution in [0.15, 0.2) is 0 Å². The number of nitrogens with zero attached hydrogens (tertiary/aromatic N) is 3. The summed E-state index contributed by atoms with van der Waals surface area (Å²) in [4.78, 5) is 63.0. The Morgan fingerprint density at radius 1 is 0.452 bits per heavy atom. The number of alkyl halides is 1. The second kappa shape index (κ2) is 35.8. The van der Waals surface area contributed by atoms with Gasteiger partial charge in [-0.3, -0.25) is 33.9 Å². The number of hydrogen-bond acceptors (Lipinski definition) is 17. The molecular formula is C43H85BrN7NaO10. The number of carboxylic acid groups (broad SMARTS) is 1. The second-order valence-electron chi connectivity index (χ2n) is 18.9. The van der Waals surface area contributed by atoms with Crippen molar-refractivity contribution in [2.45, 2.75) is 132 Å². The number of hydrogen-bond donors (Lipinski definition) is 4. The minimum atomic E-state index is -1.08. The molecule has 0 unspecified atom stereocenters. The van der Waals surface area contributed by atoms with Gasteiger partial charge in [0.15, 0.2) is 0 Å². The van der Waals surface area contributed by atoms with Crippen molar-refractivity contribution in [3.05, 3.63) is 0 Å². The van der Waals surface area contributed by atoms with Crippen LogP contribution in [0.3, 0.4) is 0 Å². The number of halogens is 1. The van der Waals surface area contributed by atoms with Crippen LogP contribution in [0, 0.1) is 0 Å². The van der Waals surface area contributed by atoms with Gasteiger partial charge in [0.1, 0.15) is 27.7 Å². The van der Waals surface area contributed by atoms with E-state index < -0.39 is 22.8 Å². The van der Waals surface area contributed by atoms with E-state index in [-0.39, 0.29) is 84.0 Å². The van der Waals surface area contributed by atoms with Crippen molar-refractivity contribution in [3.8, 4) is 0 Å². The van der Waals surface area contributed by atoms with E-state index in [0.717, 1.165) is 33.1 Å². The van der Waals surface area contributed by atoms with Crippen LogP contribution in [0.2, 0.25) is 0 Å². The Bertz CT molecular complexity index is 1130. The summed E-state index contributed by atoms with van der Waals surface area (Å²) in [5, 5.41) is 22.8. The van der Waals surface area contributed by atoms with Gasteiger partial charge >= 0.3 is 53.4 Å². The van der Waals surface area contributed by atoms with E-state index in [9.17, 15) is 19.2 Å². The molecular weight excluding hydrogens is 877 g/mol. The molecule has 0 aliphatic carbocycles. The Hall–Kier alpha value is -1.45. The molecule has 0 atom stereocenters. The molecule has 360 valence electrons. The van der Waals surface area contributed by atoms with Crippen molar-refractivity contribution in [1.82, 2.24) is 36.0 Å². The number of esters is 4. The average molecular weight is 963 g/mol. The fraction of sp³-hybridized carbons (Fsp3) is 0.884. The van der Waals surface area contributed by atoms with Gasteiger partial charge in [-0.25, -0.2) is 0 Å². The Kier molecular flexibility index (Phi) is 37.4. The standard InChI is InChI=1S/C26H50N4O6.C9H21N3.C6H11BrO2.C2H4O2.Na/c1-24(2,3)34-21(31)18-28-12-10-27-11-13-29(19-22(32)35-25(4,5)6)15-17-30(16-14-28)20-23(33)36-26(7,8)9;1-2-4-10-6-8-12-9-7-11-5-3-1;1-6(2,3)9-5(8)4-7;1-2(3)4;/h27H,10-20H2,1-9H3;10-12H,1-9H2;4H2,1-3H3;1H3,(H,3,4);/q;;;;+1/p-1. The summed E-state index contributed by atoms with van der Waals surface area (Å²) in [6.45, 7) is 35.5. The third-order valence-corrected chi connectivity index (χ3v) is 8.14. The van der Waals surface area contributed by atoms with Crippen molar-refractivity contribution >= 4 is 45.8 Å². The number of nitrogens with one attached hydrogen (secondary N) is 4. The maximum Gasteiger partial charge on any atom is 1.00 e. The van der Waals surface area contributed by atoms with Crippen LogP contribution in [-0.2, 0) is 42.9 Å². The van der Waals surface area contributed by atoms with Crippen molar-refractivity contribution in [2.24, 2.45) is 0 Å². The first kappa shape index (κ1) is 64.8. The van der Waals surface area contributed by atoms with E-state index in [0.29, 0.717) is 52.4 Å². The van der Waals surface area contributed by atoms with Crippen LogP contribution < -0.4 is 55.9 Å². The fourth-order valence-electron chi connectivity index (χ4n) is 5.42. The monoisotopic (exact) mass is 962 g/mol. The molecule has 2 saturated heterocycles. The molecule has 62 heavy (non-hydrogen) atoms. The first-order valence-electron chi connectivity index (χ1n) is 21.7. The van der Waals surface area contributed by atoms with Gasteiger partial charge in [0.05, 0.1) is 19.6 Å². The molecule has 0 saturated carbocycles. The first-order chi connectivity index (χ1) is 28.1. The molecule has 2 rings (SSSR count). The molecule has 4 N–H and O–H groups in total. The van der Waals surface area contributed by atoms with Crippen LogP contribution in [0.1, 0.15) is 109 Å². The fourth-order valence-corrected chi connectivity index (χ4v) is 5.53. The van der Waals surface area contributed by atoms with Crippen LogP contribution in [0.25, 0.3) is 0 Å². The van der Waals surface area contributed by atoms with Gasteiger partial charge in [-0.05, 0) is 116 Å². The zero-order valence-corrected chi connectivity index (χ0v) is 44.7. The van der Waals surface area contributed by atoms with E-state index in [1.165, 1.54) is 32.4 Å². The smallest absolute Gasteiger partial charge is 0.550 e. The maximum atomic E-state index is 12.6. The number of ether oxygens (including phenoxy) is 4. The molecule has 17 nitrogen and oxygen atoms in total. The van der Waals surface area contributed by atoms with Crippen molar-refractivity contribution < 1.29 is 77.6 Å². The topological polar surface area (TPSA) is 203 Å². The van der Waals surface area contributed by atoms with E-state index in [4.69, 9.17) is 28.8 Å². The minimum absolute atomic E-state index is 0. The summed E-state index contributed by atoms with van der Waals surface area (Å²) in [6.07, 6.45) is 4.00. The Labute approximate surface area is 405 Å². The predicted molar refractivity (Wildman–Crippen MR) is 243 cm³/mol. The van der Waals surface area contributed by atoms with E-state index in [2.05, 4.69) is 37.2 Å². The normalized spacial score (nSPS) is 17.5. The van der Waals surface area contributed by atoms with Crippen LogP contribution in [0.5, 0.6) is 0 Å². The minimum Gasteiger partial charge on any atom is -0.550 e. The summed E-state index contributed by atoms with van der Waals surface area (Å²) in [5.74, 6) is -2.13. The van der Waals surface area contributed by atoms with Gasteiger partial charge in [-0.2, -0.15) is 0 Å². The van der Waals surface area contributed by atoms with Crippen molar-refractivity contribution in [1.29, 1.82) is 0 Å². The average Bonchev–Trinajstić information content (AvgIpc) is 3.05. The SMILES string of the molecule is C1CCNCCNCCNCC1.CC(=O)[O-].CC(C)(C)OC(=O)CBr.CC(C)(C)OC(=O)CN1CCNCCN(CC(=O)OC(C)(C)C)CCN(CC(=O)OC(C)(C)C)CC1.[Na+]. The number of carboxylic acids is 1. The first-order valence-corrected chi connectivity index (χ1v) is 22.8. The summed E-state index contributed by atoms with van der Waals surface area (Å²) in [7, 11) is 0. The molecule has 0 radical (unpaired) electrons. The number of rotatable bonds is 7. The predicted octanol–water partition coefficient (Wildman–Crippen LogP) is -1.06. The van der Waals surface area contributed by atoms with E-state index in [1.807, 2.05) is 97.8 Å². The van der Waals surface area contributed by atoms with Crippen LogP contribution >= 0.6 is 15.9 Å². The Balaban J connectivity index is -0.00000108. The quantitative estimate of drug-likeness (QED) is 0.104. The molecule has 2 aliphatic heterocycles. The number of aliphatic carboxylic acids is 1. The molecule has 0 amide bonds. The van der Waals surface area contributed by atoms with Crippen molar-refractivity contribution in [2.75, 3.05) is 117 Å². The Morgan fingerprint density at radius 2 is 0.694 bits per heavy atom. The van der Waals surface area contributed by atoms with E-state index in [1.54, 1.807) is 0 Å². The summed E-state index contributed by atoms with van der Waals surface area (Å²) in [6, 6.07) is 0. The molecule has 0 bridgehead atoms. The van der Waals surface area contributed by atoms with Gasteiger partial charge < -0.3 is 50.1 Å². The molecule has 0 aromatic carbocycles. The molecule has 0 spiro atoms. The van der Waals surface area contributed by atoms with Crippen molar-refractivity contribution in [3.63, 3.8) is 0 Å². The van der Waals surface area contributed by atoms with Gasteiger partial charge in [0, 0.05) is 84.5 Å². The number of carbonyl (C=O) groups is 5. The third-order valence-electron chi connectivity index (χ3n) is 7.69. The summed E-state index contributed by atoms with van der Waals surface area (Å²) in [5.41, 5.74) is -2.00. The molecule has 2 fully saturated rings. The van der Waals surface area contributed by atoms with Gasteiger partial charge in [-0.1, -0.05) is 22.4 Å². The molecule has 2 heterocycles. The largest absolute Gasteiger partial charge is 1.00 e. The van der Waals surface area contributed by atoms with Gasteiger partial charge in [-0.15, -0.1) is 0 Å². The van der Waals surface area contributed by atoms with Gasteiger partial charge in [0.25, 0.3) is 0 Å². The zero-order valence-electron chi connectivity index (χ0n) is 41.2. The van der Waals surface area contributed by atoms with E-state index >= 15 is 0 Å². The van der Waals surface area contributed by atoms with Crippen LogP contribution in [-0.4, -0.2) is 184 Å². The number of carbonyl (C=O) groups excluding carboxylic acids is 5. The maximum absolute atomic E-state index is 12.6. The molecule has 0 aromatic rings. The summed E-state index contributed by atoms with van der Waals surface area (Å²) < 4.78 is 21.5. The molecule has 2 aliphatic rings. The second-order valence-corrected chi connectivity index (χ2v) is 19.4. The third kappa shape index (κ3) is 49.6.